The van der Waals surface area contributed by atoms with Crippen molar-refractivity contribution in [3.05, 3.63) is 0 Å². The Hall–Kier alpha value is -1.06. The maximum Gasteiger partial charge on any atom is 0.245 e. The molecule has 1 saturated heterocycles. The molecule has 2 fully saturated rings. The largest absolute Gasteiger partial charge is 0.344 e. The van der Waals surface area contributed by atoms with Crippen LogP contribution in [0.25, 0.3) is 0 Å². The second-order valence-electron chi connectivity index (χ2n) is 6.21. The fraction of sp³-hybridized carbons (Fsp3) is 0.875. The summed E-state index contributed by atoms with van der Waals surface area (Å²) < 4.78 is 0. The van der Waals surface area contributed by atoms with E-state index in [1.54, 1.807) is 0 Å². The summed E-state index contributed by atoms with van der Waals surface area (Å²) in [6.07, 6.45) is 8.10. The van der Waals surface area contributed by atoms with Crippen LogP contribution in [0.4, 0.5) is 0 Å². The maximum atomic E-state index is 12.8. The highest BCUT2D eigenvalue weighted by molar-refractivity contribution is 5.90. The second-order valence-corrected chi connectivity index (χ2v) is 6.21. The molecule has 0 aromatic carbocycles. The van der Waals surface area contributed by atoms with Crippen molar-refractivity contribution in [2.45, 2.75) is 77.3 Å². The van der Waals surface area contributed by atoms with Gasteiger partial charge in [-0.15, -0.1) is 0 Å². The molecule has 0 bridgehead atoms. The lowest BCUT2D eigenvalue weighted by molar-refractivity contribution is -0.137. The van der Waals surface area contributed by atoms with Crippen LogP contribution in [0.1, 0.15) is 65.2 Å². The first-order chi connectivity index (χ1) is 9.67. The molecular formula is C16H28N2O2. The van der Waals surface area contributed by atoms with Gasteiger partial charge in [-0.3, -0.25) is 9.59 Å². The van der Waals surface area contributed by atoms with Crippen molar-refractivity contribution in [1.29, 1.82) is 0 Å². The lowest BCUT2D eigenvalue weighted by Crippen LogP contribution is -2.51. The summed E-state index contributed by atoms with van der Waals surface area (Å²) in [5, 5.41) is 2.90. The van der Waals surface area contributed by atoms with E-state index >= 15 is 0 Å². The minimum absolute atomic E-state index is 0.0307. The fourth-order valence-electron chi connectivity index (χ4n) is 3.75. The summed E-state index contributed by atoms with van der Waals surface area (Å²) >= 11 is 0. The van der Waals surface area contributed by atoms with Gasteiger partial charge in [0.15, 0.2) is 0 Å². The van der Waals surface area contributed by atoms with Gasteiger partial charge in [-0.05, 0) is 25.2 Å². The summed E-state index contributed by atoms with van der Waals surface area (Å²) in [4.78, 5) is 26.6. The molecule has 0 spiro atoms. The number of nitrogens with zero attached hydrogens (tertiary/aromatic N) is 1. The topological polar surface area (TPSA) is 49.4 Å². The van der Waals surface area contributed by atoms with Crippen LogP contribution in [-0.2, 0) is 9.59 Å². The van der Waals surface area contributed by atoms with E-state index in [4.69, 9.17) is 0 Å². The number of nitrogens with one attached hydrogen (secondary N) is 1. The SMILES string of the molecule is CCCC1NC(=O)CCN(C2CCCCC2CC)C1=O. The number of hydrogen-bond donors (Lipinski definition) is 1. The van der Waals surface area contributed by atoms with Crippen LogP contribution < -0.4 is 5.32 Å². The lowest BCUT2D eigenvalue weighted by Gasteiger charge is -2.40. The maximum absolute atomic E-state index is 12.8. The molecule has 1 aliphatic heterocycles. The van der Waals surface area contributed by atoms with E-state index in [0.717, 1.165) is 25.7 Å². The van der Waals surface area contributed by atoms with Gasteiger partial charge in [0.2, 0.25) is 11.8 Å². The van der Waals surface area contributed by atoms with Crippen LogP contribution in [0.5, 0.6) is 0 Å². The van der Waals surface area contributed by atoms with Crippen LogP contribution in [0.2, 0.25) is 0 Å². The number of carbonyl (C=O) groups excluding carboxylic acids is 2. The van der Waals surface area contributed by atoms with Gasteiger partial charge in [0.05, 0.1) is 0 Å². The van der Waals surface area contributed by atoms with Crippen LogP contribution in [0, 0.1) is 5.92 Å². The average Bonchev–Trinajstić information content (AvgIpc) is 2.59. The Morgan fingerprint density at radius 1 is 1.20 bits per heavy atom. The van der Waals surface area contributed by atoms with Gasteiger partial charge in [0.1, 0.15) is 6.04 Å². The molecule has 2 rings (SSSR count). The van der Waals surface area contributed by atoms with Gasteiger partial charge in [-0.2, -0.15) is 0 Å². The van der Waals surface area contributed by atoms with Crippen molar-refractivity contribution in [1.82, 2.24) is 10.2 Å². The molecule has 2 amide bonds. The Labute approximate surface area is 122 Å². The molecule has 4 nitrogen and oxygen atoms in total. The van der Waals surface area contributed by atoms with E-state index in [0.29, 0.717) is 24.9 Å². The van der Waals surface area contributed by atoms with Crippen molar-refractivity contribution in [3.63, 3.8) is 0 Å². The molecule has 4 heteroatoms. The molecule has 2 aliphatic rings. The molecule has 114 valence electrons. The van der Waals surface area contributed by atoms with Crippen molar-refractivity contribution in [3.8, 4) is 0 Å². The molecular weight excluding hydrogens is 252 g/mol. The normalized spacial score (nSPS) is 31.9. The zero-order chi connectivity index (χ0) is 14.5. The third-order valence-corrected chi connectivity index (χ3v) is 4.87. The number of hydrogen-bond acceptors (Lipinski definition) is 2. The van der Waals surface area contributed by atoms with E-state index in [9.17, 15) is 9.59 Å². The Bertz CT molecular complexity index is 356. The molecule has 1 aliphatic carbocycles. The Morgan fingerprint density at radius 3 is 2.65 bits per heavy atom. The van der Waals surface area contributed by atoms with Crippen LogP contribution >= 0.6 is 0 Å². The number of carbonyl (C=O) groups is 2. The molecule has 0 radical (unpaired) electrons. The first-order valence-corrected chi connectivity index (χ1v) is 8.27. The average molecular weight is 280 g/mol. The van der Waals surface area contributed by atoms with Gasteiger partial charge in [-0.25, -0.2) is 0 Å². The monoisotopic (exact) mass is 280 g/mol. The lowest BCUT2D eigenvalue weighted by atomic mass is 9.81. The first-order valence-electron chi connectivity index (χ1n) is 8.27. The smallest absolute Gasteiger partial charge is 0.245 e. The highest BCUT2D eigenvalue weighted by Crippen LogP contribution is 2.31. The van der Waals surface area contributed by atoms with E-state index in [1.165, 1.54) is 19.3 Å². The Morgan fingerprint density at radius 2 is 1.95 bits per heavy atom. The molecule has 0 aromatic rings. The molecule has 1 heterocycles. The summed E-state index contributed by atoms with van der Waals surface area (Å²) in [5.41, 5.74) is 0. The van der Waals surface area contributed by atoms with Crippen molar-refractivity contribution in [2.75, 3.05) is 6.54 Å². The minimum Gasteiger partial charge on any atom is -0.344 e. The molecule has 1 saturated carbocycles. The summed E-state index contributed by atoms with van der Waals surface area (Å²) in [5.74, 6) is 0.800. The third-order valence-electron chi connectivity index (χ3n) is 4.87. The van der Waals surface area contributed by atoms with Gasteiger partial charge < -0.3 is 10.2 Å². The van der Waals surface area contributed by atoms with E-state index in [2.05, 4.69) is 19.2 Å². The van der Waals surface area contributed by atoms with Gasteiger partial charge in [-0.1, -0.05) is 39.5 Å². The van der Waals surface area contributed by atoms with Crippen molar-refractivity contribution in [2.24, 2.45) is 5.92 Å². The molecule has 0 aromatic heterocycles. The summed E-state index contributed by atoms with van der Waals surface area (Å²) in [6.45, 7) is 4.88. The van der Waals surface area contributed by atoms with Crippen molar-refractivity contribution < 1.29 is 9.59 Å². The van der Waals surface area contributed by atoms with Crippen LogP contribution in [0.3, 0.4) is 0 Å². The molecule has 1 N–H and O–H groups in total. The molecule has 3 atom stereocenters. The highest BCUT2D eigenvalue weighted by atomic mass is 16.2. The number of amides is 2. The van der Waals surface area contributed by atoms with Crippen LogP contribution in [-0.4, -0.2) is 35.3 Å². The summed E-state index contributed by atoms with van der Waals surface area (Å²) in [7, 11) is 0. The Balaban J connectivity index is 2.14. The minimum atomic E-state index is -0.297. The standard InChI is InChI=1S/C16H28N2O2/c1-3-7-13-16(20)18(11-10-15(19)17-13)14-9-6-5-8-12(14)4-2/h12-14H,3-11H2,1-2H3,(H,17,19). The number of rotatable bonds is 4. The van der Waals surface area contributed by atoms with E-state index < -0.39 is 0 Å². The predicted octanol–water partition coefficient (Wildman–Crippen LogP) is 2.47. The van der Waals surface area contributed by atoms with E-state index in [-0.39, 0.29) is 17.9 Å². The zero-order valence-corrected chi connectivity index (χ0v) is 12.9. The quantitative estimate of drug-likeness (QED) is 0.860. The predicted molar refractivity (Wildman–Crippen MR) is 79.2 cm³/mol. The van der Waals surface area contributed by atoms with Crippen molar-refractivity contribution >= 4 is 11.8 Å². The van der Waals surface area contributed by atoms with Gasteiger partial charge in [0, 0.05) is 19.0 Å². The summed E-state index contributed by atoms with van der Waals surface area (Å²) in [6, 6.07) is 0.0581. The Kier molecular flexibility index (Phi) is 5.44. The van der Waals surface area contributed by atoms with E-state index in [1.807, 2.05) is 4.90 Å². The van der Waals surface area contributed by atoms with Gasteiger partial charge in [0.25, 0.3) is 0 Å². The highest BCUT2D eigenvalue weighted by Gasteiger charge is 2.37. The fourth-order valence-corrected chi connectivity index (χ4v) is 3.75. The van der Waals surface area contributed by atoms with Gasteiger partial charge >= 0.3 is 0 Å². The third kappa shape index (κ3) is 3.33. The van der Waals surface area contributed by atoms with Crippen LogP contribution in [0.15, 0.2) is 0 Å². The first kappa shape index (κ1) is 15.3. The molecule has 20 heavy (non-hydrogen) atoms. The second kappa shape index (κ2) is 7.09. The zero-order valence-electron chi connectivity index (χ0n) is 12.9. The molecule has 3 unspecified atom stereocenters.